The zero-order valence-corrected chi connectivity index (χ0v) is 17.9. The van der Waals surface area contributed by atoms with Gasteiger partial charge in [0.1, 0.15) is 5.03 Å². The molecule has 0 aliphatic heterocycles. The van der Waals surface area contributed by atoms with Crippen molar-refractivity contribution in [3.8, 4) is 0 Å². The van der Waals surface area contributed by atoms with Gasteiger partial charge in [0, 0.05) is 16.3 Å². The first-order valence-electron chi connectivity index (χ1n) is 9.41. The molecule has 0 saturated heterocycles. The molecule has 3 aromatic rings. The van der Waals surface area contributed by atoms with Gasteiger partial charge in [-0.25, -0.2) is 4.98 Å². The molecule has 0 aliphatic rings. The smallest absolute Gasteiger partial charge is 0.347 e. The maximum atomic E-state index is 12.9. The highest BCUT2D eigenvalue weighted by Gasteiger charge is 2.30. The van der Waals surface area contributed by atoms with Crippen molar-refractivity contribution in [2.45, 2.75) is 42.8 Å². The number of aromatic nitrogens is 1. The maximum absolute atomic E-state index is 12.9. The molecule has 3 nitrogen and oxygen atoms in total. The summed E-state index contributed by atoms with van der Waals surface area (Å²) in [5.41, 5.74) is 0.520. The number of carbonyl (C=O) groups is 1. The number of benzene rings is 1. The van der Waals surface area contributed by atoms with E-state index in [1.54, 1.807) is 35.7 Å². The second kappa shape index (κ2) is 10.1. The number of nitrogens with zero attached hydrogens (tertiary/aromatic N) is 1. The average molecular weight is 451 g/mol. The summed E-state index contributed by atoms with van der Waals surface area (Å²) in [4.78, 5) is 18.0. The van der Waals surface area contributed by atoms with Crippen molar-refractivity contribution in [1.29, 1.82) is 0 Å². The second-order valence-corrected chi connectivity index (χ2v) is 9.24. The van der Waals surface area contributed by atoms with Crippen LogP contribution in [-0.4, -0.2) is 16.1 Å². The van der Waals surface area contributed by atoms with Crippen molar-refractivity contribution in [2.75, 3.05) is 0 Å². The Kier molecular flexibility index (Phi) is 7.55. The van der Waals surface area contributed by atoms with E-state index in [4.69, 9.17) is 0 Å². The Morgan fingerprint density at radius 3 is 2.77 bits per heavy atom. The number of amides is 1. The summed E-state index contributed by atoms with van der Waals surface area (Å²) in [5.74, 6) is -0.191. The van der Waals surface area contributed by atoms with Crippen molar-refractivity contribution in [3.05, 3.63) is 81.7 Å². The summed E-state index contributed by atoms with van der Waals surface area (Å²) in [5, 5.41) is 5.57. The van der Waals surface area contributed by atoms with Gasteiger partial charge in [0.15, 0.2) is 0 Å². The molecule has 1 N–H and O–H groups in total. The number of pyridine rings is 1. The molecule has 0 bridgehead atoms. The first kappa shape index (κ1) is 22.4. The van der Waals surface area contributed by atoms with E-state index in [2.05, 4.69) is 10.3 Å². The van der Waals surface area contributed by atoms with Gasteiger partial charge in [0.05, 0.1) is 17.7 Å². The molecule has 158 valence electrons. The molecule has 1 atom stereocenters. The van der Waals surface area contributed by atoms with E-state index >= 15 is 0 Å². The Morgan fingerprint density at radius 1 is 1.20 bits per heavy atom. The first-order chi connectivity index (χ1) is 14.3. The summed E-state index contributed by atoms with van der Waals surface area (Å²) in [6.45, 7) is 2.45. The minimum absolute atomic E-state index is 0.0817. The Hall–Kier alpha value is -2.32. The fourth-order valence-corrected chi connectivity index (χ4v) is 4.53. The Balaban J connectivity index is 1.59. The van der Waals surface area contributed by atoms with Gasteiger partial charge in [-0.15, -0.1) is 23.1 Å². The van der Waals surface area contributed by atoms with Crippen LogP contribution < -0.4 is 5.32 Å². The molecule has 0 aliphatic carbocycles. The molecule has 1 amide bonds. The summed E-state index contributed by atoms with van der Waals surface area (Å²) < 4.78 is 38.6. The van der Waals surface area contributed by atoms with Crippen molar-refractivity contribution in [2.24, 2.45) is 0 Å². The number of thiophene rings is 1. The van der Waals surface area contributed by atoms with Crippen molar-refractivity contribution < 1.29 is 18.0 Å². The predicted molar refractivity (Wildman–Crippen MR) is 115 cm³/mol. The van der Waals surface area contributed by atoms with E-state index < -0.39 is 11.7 Å². The third-order valence-electron chi connectivity index (χ3n) is 4.43. The standard InChI is InChI=1S/C22H21F3N2OS2/c1-15(9-10-16-5-2-6-17(13-16)22(23,24)25)30-21-19(8-3-11-26-21)20(28)27-14-18-7-4-12-29-18/h2-8,11-13,15H,9-10,14H2,1H3,(H,27,28). The summed E-state index contributed by atoms with van der Waals surface area (Å²) >= 11 is 3.04. The number of alkyl halides is 3. The third-order valence-corrected chi connectivity index (χ3v) is 6.49. The molecule has 2 heterocycles. The molecule has 1 unspecified atom stereocenters. The molecule has 3 rings (SSSR count). The summed E-state index contributed by atoms with van der Waals surface area (Å²) in [7, 11) is 0. The van der Waals surface area contributed by atoms with Crippen LogP contribution in [0.2, 0.25) is 0 Å². The van der Waals surface area contributed by atoms with Gasteiger partial charge in [0.25, 0.3) is 5.91 Å². The average Bonchev–Trinajstić information content (AvgIpc) is 3.24. The van der Waals surface area contributed by atoms with Crippen molar-refractivity contribution in [1.82, 2.24) is 10.3 Å². The molecule has 0 saturated carbocycles. The SMILES string of the molecule is CC(CCc1cccc(C(F)(F)F)c1)Sc1ncccc1C(=O)NCc1cccs1. The minimum atomic E-state index is -4.34. The van der Waals surface area contributed by atoms with Gasteiger partial charge in [0.2, 0.25) is 0 Å². The molecule has 8 heteroatoms. The zero-order valence-electron chi connectivity index (χ0n) is 16.3. The molecule has 0 fully saturated rings. The summed E-state index contributed by atoms with van der Waals surface area (Å²) in [6, 6.07) is 12.8. The Morgan fingerprint density at radius 2 is 2.03 bits per heavy atom. The fraction of sp³-hybridized carbons (Fsp3) is 0.273. The first-order valence-corrected chi connectivity index (χ1v) is 11.2. The van der Waals surface area contributed by atoms with E-state index in [1.807, 2.05) is 24.4 Å². The number of nitrogens with one attached hydrogen (secondary N) is 1. The topological polar surface area (TPSA) is 42.0 Å². The Labute approximate surface area is 181 Å². The number of halogens is 3. The van der Waals surface area contributed by atoms with Gasteiger partial charge in [-0.3, -0.25) is 4.79 Å². The third kappa shape index (κ3) is 6.34. The van der Waals surface area contributed by atoms with Gasteiger partial charge in [-0.2, -0.15) is 13.2 Å². The highest BCUT2D eigenvalue weighted by Crippen LogP contribution is 2.31. The van der Waals surface area contributed by atoms with E-state index in [-0.39, 0.29) is 11.2 Å². The van der Waals surface area contributed by atoms with E-state index in [0.717, 1.165) is 10.9 Å². The van der Waals surface area contributed by atoms with Crippen LogP contribution in [-0.2, 0) is 19.1 Å². The minimum Gasteiger partial charge on any atom is -0.347 e. The number of aryl methyl sites for hydroxylation is 1. The number of thioether (sulfide) groups is 1. The monoisotopic (exact) mass is 450 g/mol. The lowest BCUT2D eigenvalue weighted by Crippen LogP contribution is -2.23. The van der Waals surface area contributed by atoms with Crippen LogP contribution in [0.25, 0.3) is 0 Å². The lowest BCUT2D eigenvalue weighted by molar-refractivity contribution is -0.137. The number of hydrogen-bond acceptors (Lipinski definition) is 4. The molecule has 2 aromatic heterocycles. The fourth-order valence-electron chi connectivity index (χ4n) is 2.86. The molecular weight excluding hydrogens is 429 g/mol. The number of carbonyl (C=O) groups excluding carboxylic acids is 1. The van der Waals surface area contributed by atoms with Crippen LogP contribution in [0, 0.1) is 0 Å². The quantitative estimate of drug-likeness (QED) is 0.415. The molecule has 1 aromatic carbocycles. The zero-order chi connectivity index (χ0) is 21.6. The van der Waals surface area contributed by atoms with E-state index in [0.29, 0.717) is 35.5 Å². The lowest BCUT2D eigenvalue weighted by atomic mass is 10.1. The van der Waals surface area contributed by atoms with Gasteiger partial charge in [-0.1, -0.05) is 31.2 Å². The Bertz CT molecular complexity index is 975. The van der Waals surface area contributed by atoms with Crippen molar-refractivity contribution in [3.63, 3.8) is 0 Å². The van der Waals surface area contributed by atoms with Crippen LogP contribution in [0.3, 0.4) is 0 Å². The van der Waals surface area contributed by atoms with Crippen LogP contribution >= 0.6 is 23.1 Å². The molecule has 30 heavy (non-hydrogen) atoms. The second-order valence-electron chi connectivity index (χ2n) is 6.78. The summed E-state index contributed by atoms with van der Waals surface area (Å²) in [6.07, 6.45) is -1.52. The van der Waals surface area contributed by atoms with Crippen LogP contribution in [0.15, 0.2) is 65.1 Å². The van der Waals surface area contributed by atoms with Crippen LogP contribution in [0.1, 0.15) is 39.7 Å². The van der Waals surface area contributed by atoms with E-state index in [9.17, 15) is 18.0 Å². The number of rotatable bonds is 8. The lowest BCUT2D eigenvalue weighted by Gasteiger charge is -2.14. The molecule has 0 radical (unpaired) electrons. The van der Waals surface area contributed by atoms with Gasteiger partial charge < -0.3 is 5.32 Å². The highest BCUT2D eigenvalue weighted by molar-refractivity contribution is 7.99. The van der Waals surface area contributed by atoms with Gasteiger partial charge in [-0.05, 0) is 48.1 Å². The van der Waals surface area contributed by atoms with E-state index in [1.165, 1.54) is 23.9 Å². The molecular formula is C22H21F3N2OS2. The maximum Gasteiger partial charge on any atom is 0.416 e. The normalized spacial score (nSPS) is 12.5. The largest absolute Gasteiger partial charge is 0.416 e. The van der Waals surface area contributed by atoms with Crippen LogP contribution in [0.5, 0.6) is 0 Å². The van der Waals surface area contributed by atoms with Crippen molar-refractivity contribution >= 4 is 29.0 Å². The number of hydrogen-bond donors (Lipinski definition) is 1. The predicted octanol–water partition coefficient (Wildman–Crippen LogP) is 6.21. The van der Waals surface area contributed by atoms with Crippen LogP contribution in [0.4, 0.5) is 13.2 Å². The highest BCUT2D eigenvalue weighted by atomic mass is 32.2. The van der Waals surface area contributed by atoms with Gasteiger partial charge >= 0.3 is 6.18 Å². The molecule has 0 spiro atoms.